The Hall–Kier alpha value is -3.10. The van der Waals surface area contributed by atoms with Gasteiger partial charge in [0.25, 0.3) is 0 Å². The molecule has 9 nitrogen and oxygen atoms in total. The Morgan fingerprint density at radius 3 is 2.03 bits per heavy atom. The normalized spacial score (nSPS) is 13.2. The van der Waals surface area contributed by atoms with Gasteiger partial charge in [-0.15, -0.1) is 0 Å². The van der Waals surface area contributed by atoms with E-state index in [4.69, 9.17) is 9.47 Å². The van der Waals surface area contributed by atoms with E-state index in [1.807, 2.05) is 52.8 Å². The molecule has 0 aliphatic carbocycles. The minimum Gasteiger partial charge on any atom is -0.466 e. The summed E-state index contributed by atoms with van der Waals surface area (Å²) in [5, 5.41) is 5.41. The van der Waals surface area contributed by atoms with Gasteiger partial charge in [0.2, 0.25) is 11.8 Å². The number of nitrogens with one attached hydrogen (secondary N) is 2. The minimum atomic E-state index is -0.994. The number of carbonyl (C=O) groups excluding carboxylic acids is 4. The predicted molar refractivity (Wildman–Crippen MR) is 143 cm³/mol. The highest BCUT2D eigenvalue weighted by molar-refractivity contribution is 5.92. The van der Waals surface area contributed by atoms with Crippen molar-refractivity contribution in [3.8, 4) is 0 Å². The summed E-state index contributed by atoms with van der Waals surface area (Å²) in [4.78, 5) is 53.3. The monoisotopic (exact) mass is 519 g/mol. The average molecular weight is 520 g/mol. The fourth-order valence-electron chi connectivity index (χ4n) is 3.90. The number of benzene rings is 1. The van der Waals surface area contributed by atoms with Gasteiger partial charge >= 0.3 is 12.1 Å². The molecule has 0 aromatic heterocycles. The number of ether oxygens (including phenoxy) is 2. The summed E-state index contributed by atoms with van der Waals surface area (Å²) in [6.07, 6.45) is -0.152. The predicted octanol–water partition coefficient (Wildman–Crippen LogP) is 4.34. The molecule has 0 bridgehead atoms. The van der Waals surface area contributed by atoms with E-state index in [1.165, 1.54) is 4.90 Å². The van der Waals surface area contributed by atoms with E-state index in [9.17, 15) is 19.2 Å². The van der Waals surface area contributed by atoms with Crippen molar-refractivity contribution in [3.05, 3.63) is 34.9 Å². The Morgan fingerprint density at radius 2 is 1.54 bits per heavy atom. The SMILES string of the molecule is CCOC(=O)CCNC(=O)C(c1cc(C)cc(C)c1)N(C(=O)C(C)NC(=O)OC(C)(C)C)C(C)(C)CC. The molecular formula is C28H45N3O6. The van der Waals surface area contributed by atoms with Gasteiger partial charge in [-0.1, -0.05) is 36.2 Å². The summed E-state index contributed by atoms with van der Waals surface area (Å²) in [5.74, 6) is -1.26. The molecule has 0 aliphatic rings. The van der Waals surface area contributed by atoms with Crippen LogP contribution in [0.4, 0.5) is 4.79 Å². The van der Waals surface area contributed by atoms with Crippen LogP contribution < -0.4 is 10.6 Å². The second kappa shape index (κ2) is 13.4. The van der Waals surface area contributed by atoms with Crippen molar-refractivity contribution in [3.63, 3.8) is 0 Å². The molecule has 0 fully saturated rings. The number of esters is 1. The first-order valence-corrected chi connectivity index (χ1v) is 12.9. The van der Waals surface area contributed by atoms with Gasteiger partial charge in [-0.2, -0.15) is 0 Å². The fraction of sp³-hybridized carbons (Fsp3) is 0.643. The van der Waals surface area contributed by atoms with Crippen LogP contribution in [0.5, 0.6) is 0 Å². The number of aryl methyl sites for hydroxylation is 2. The van der Waals surface area contributed by atoms with Crippen molar-refractivity contribution < 1.29 is 28.7 Å². The zero-order valence-corrected chi connectivity index (χ0v) is 24.1. The number of nitrogens with zero attached hydrogens (tertiary/aromatic N) is 1. The Bertz CT molecular complexity index is 947. The number of rotatable bonds is 11. The third kappa shape index (κ3) is 10.1. The highest BCUT2D eigenvalue weighted by Crippen LogP contribution is 2.33. The van der Waals surface area contributed by atoms with Crippen LogP contribution in [0.15, 0.2) is 18.2 Å². The lowest BCUT2D eigenvalue weighted by Crippen LogP contribution is -2.58. The number of amides is 3. The fourth-order valence-corrected chi connectivity index (χ4v) is 3.90. The van der Waals surface area contributed by atoms with Gasteiger partial charge in [-0.05, 0) is 74.3 Å². The molecular weight excluding hydrogens is 474 g/mol. The summed E-state index contributed by atoms with van der Waals surface area (Å²) < 4.78 is 10.3. The van der Waals surface area contributed by atoms with Crippen molar-refractivity contribution in [2.45, 2.75) is 105 Å². The van der Waals surface area contributed by atoms with E-state index < -0.39 is 47.1 Å². The van der Waals surface area contributed by atoms with Crippen molar-refractivity contribution in [1.29, 1.82) is 0 Å². The lowest BCUT2D eigenvalue weighted by atomic mass is 9.91. The maximum Gasteiger partial charge on any atom is 0.408 e. The largest absolute Gasteiger partial charge is 0.466 e. The van der Waals surface area contributed by atoms with Crippen LogP contribution in [0, 0.1) is 13.8 Å². The van der Waals surface area contributed by atoms with Crippen LogP contribution in [0.2, 0.25) is 0 Å². The Morgan fingerprint density at radius 1 is 0.973 bits per heavy atom. The zero-order valence-electron chi connectivity index (χ0n) is 24.1. The quantitative estimate of drug-likeness (QED) is 0.420. The maximum atomic E-state index is 13.9. The molecule has 9 heteroatoms. The first kappa shape index (κ1) is 31.9. The number of hydrogen-bond acceptors (Lipinski definition) is 6. The molecule has 0 saturated heterocycles. The first-order valence-electron chi connectivity index (χ1n) is 12.9. The second-order valence-electron chi connectivity index (χ2n) is 10.9. The van der Waals surface area contributed by atoms with Crippen LogP contribution in [-0.2, 0) is 23.9 Å². The van der Waals surface area contributed by atoms with Crippen molar-refractivity contribution in [2.75, 3.05) is 13.2 Å². The van der Waals surface area contributed by atoms with Gasteiger partial charge in [-0.25, -0.2) is 4.79 Å². The molecule has 2 unspecified atom stereocenters. The standard InChI is InChI=1S/C28H45N3O6/c1-11-28(9,10)31(25(34)20(5)30-26(35)37-27(6,7)8)23(21-16-18(3)15-19(4)17-21)24(33)29-14-13-22(32)36-12-2/h15-17,20,23H,11-14H2,1-10H3,(H,29,33)(H,30,35). The Balaban J connectivity index is 3.45. The van der Waals surface area contributed by atoms with Crippen LogP contribution >= 0.6 is 0 Å². The minimum absolute atomic E-state index is 0.0147. The summed E-state index contributed by atoms with van der Waals surface area (Å²) in [5.41, 5.74) is 1.06. The first-order chi connectivity index (χ1) is 17.0. The topological polar surface area (TPSA) is 114 Å². The van der Waals surface area contributed by atoms with Gasteiger partial charge in [0, 0.05) is 12.1 Å². The smallest absolute Gasteiger partial charge is 0.408 e. The van der Waals surface area contributed by atoms with Gasteiger partial charge < -0.3 is 25.0 Å². The molecule has 37 heavy (non-hydrogen) atoms. The maximum absolute atomic E-state index is 13.9. The Kier molecular flexibility index (Phi) is 11.6. The molecule has 0 radical (unpaired) electrons. The van der Waals surface area contributed by atoms with Crippen LogP contribution in [0.3, 0.4) is 0 Å². The number of alkyl carbamates (subject to hydrolysis) is 1. The summed E-state index contributed by atoms with van der Waals surface area (Å²) in [6, 6.07) is 3.79. The molecule has 0 heterocycles. The van der Waals surface area contributed by atoms with Gasteiger partial charge in [0.05, 0.1) is 13.0 Å². The van der Waals surface area contributed by atoms with Crippen LogP contribution in [0.25, 0.3) is 0 Å². The molecule has 1 aromatic rings. The molecule has 1 rings (SSSR count). The van der Waals surface area contributed by atoms with Crippen molar-refractivity contribution in [2.24, 2.45) is 0 Å². The molecule has 2 atom stereocenters. The van der Waals surface area contributed by atoms with Gasteiger partial charge in [0.15, 0.2) is 0 Å². The van der Waals surface area contributed by atoms with Crippen molar-refractivity contribution in [1.82, 2.24) is 15.5 Å². The summed E-state index contributed by atoms with van der Waals surface area (Å²) >= 11 is 0. The van der Waals surface area contributed by atoms with Gasteiger partial charge in [0.1, 0.15) is 17.7 Å². The average Bonchev–Trinajstić information content (AvgIpc) is 2.74. The third-order valence-corrected chi connectivity index (χ3v) is 5.86. The zero-order chi connectivity index (χ0) is 28.6. The molecule has 208 valence electrons. The van der Waals surface area contributed by atoms with E-state index in [1.54, 1.807) is 34.6 Å². The van der Waals surface area contributed by atoms with Crippen LogP contribution in [0.1, 0.15) is 91.0 Å². The van der Waals surface area contributed by atoms with E-state index in [0.29, 0.717) is 12.0 Å². The summed E-state index contributed by atoms with van der Waals surface area (Å²) in [6.45, 7) is 18.4. The third-order valence-electron chi connectivity index (χ3n) is 5.86. The van der Waals surface area contributed by atoms with E-state index in [0.717, 1.165) is 11.1 Å². The highest BCUT2D eigenvalue weighted by atomic mass is 16.6. The van der Waals surface area contributed by atoms with E-state index >= 15 is 0 Å². The number of carbonyl (C=O) groups is 4. The molecule has 1 aromatic carbocycles. The number of hydrogen-bond donors (Lipinski definition) is 2. The van der Waals surface area contributed by atoms with E-state index in [-0.39, 0.29) is 19.6 Å². The lowest BCUT2D eigenvalue weighted by molar-refractivity contribution is -0.149. The van der Waals surface area contributed by atoms with Crippen LogP contribution in [-0.4, -0.2) is 59.1 Å². The van der Waals surface area contributed by atoms with Gasteiger partial charge in [-0.3, -0.25) is 14.4 Å². The highest BCUT2D eigenvalue weighted by Gasteiger charge is 2.42. The molecule has 3 amide bonds. The summed E-state index contributed by atoms with van der Waals surface area (Å²) in [7, 11) is 0. The van der Waals surface area contributed by atoms with Crippen molar-refractivity contribution >= 4 is 23.9 Å². The molecule has 0 aliphatic heterocycles. The Labute approximate surface area is 221 Å². The molecule has 0 spiro atoms. The lowest BCUT2D eigenvalue weighted by Gasteiger charge is -2.44. The second-order valence-corrected chi connectivity index (χ2v) is 10.9. The molecule has 0 saturated carbocycles. The molecule has 2 N–H and O–H groups in total. The van der Waals surface area contributed by atoms with E-state index in [2.05, 4.69) is 10.6 Å².